The maximum Gasteiger partial charge on any atom is 0.107 e. The van der Waals surface area contributed by atoms with Crippen LogP contribution in [0.3, 0.4) is 0 Å². The first-order valence-electron chi connectivity index (χ1n) is 5.20. The van der Waals surface area contributed by atoms with Crippen LogP contribution in [0.5, 0.6) is 0 Å². The first-order valence-corrected chi connectivity index (χ1v) is 5.20. The summed E-state index contributed by atoms with van der Waals surface area (Å²) in [5.74, 6) is 0. The highest BCUT2D eigenvalue weighted by Gasteiger charge is 2.13. The Morgan fingerprint density at radius 3 is 2.56 bits per heavy atom. The molecule has 0 saturated heterocycles. The van der Waals surface area contributed by atoms with Crippen LogP contribution in [-0.2, 0) is 6.54 Å². The molecule has 88 valence electrons. The molecule has 2 rings (SSSR count). The number of aromatic nitrogens is 2. The van der Waals surface area contributed by atoms with Gasteiger partial charge in [-0.15, -0.1) is 0 Å². The maximum atomic E-state index is 4.58. The molecule has 0 bridgehead atoms. The molecule has 3 nitrogen and oxygen atoms in total. The Morgan fingerprint density at radius 2 is 1.94 bits per heavy atom. The monoisotopic (exact) mass is 331 g/mol. The van der Waals surface area contributed by atoms with Crippen LogP contribution < -0.4 is 24.0 Å². The van der Waals surface area contributed by atoms with Crippen molar-refractivity contribution in [1.29, 1.82) is 0 Å². The van der Waals surface area contributed by atoms with Crippen LogP contribution in [0.2, 0.25) is 0 Å². The van der Waals surface area contributed by atoms with Crippen LogP contribution in [0.4, 0.5) is 0 Å². The van der Waals surface area contributed by atoms with Crippen molar-refractivity contribution in [1.82, 2.24) is 9.97 Å². The first-order chi connectivity index (χ1) is 6.96. The number of halogens is 1. The summed E-state index contributed by atoms with van der Waals surface area (Å²) in [7, 11) is 6.57. The lowest BCUT2D eigenvalue weighted by Gasteiger charge is -2.23. The summed E-state index contributed by atoms with van der Waals surface area (Å²) in [5.41, 5.74) is 4.61. The Kier molecular flexibility index (Phi) is 3.96. The lowest BCUT2D eigenvalue weighted by atomic mass is 10.2. The van der Waals surface area contributed by atoms with E-state index in [1.807, 2.05) is 13.0 Å². The van der Waals surface area contributed by atoms with E-state index in [0.717, 1.165) is 27.8 Å². The second-order valence-corrected chi connectivity index (χ2v) is 5.11. The highest BCUT2D eigenvalue weighted by Crippen LogP contribution is 2.18. The molecule has 2 heterocycles. The van der Waals surface area contributed by atoms with Crippen molar-refractivity contribution < 1.29 is 28.5 Å². The molecule has 0 aliphatic rings. The van der Waals surface area contributed by atoms with Gasteiger partial charge in [-0.05, 0) is 19.1 Å². The molecule has 0 spiro atoms. The molecule has 0 aliphatic heterocycles. The molecule has 4 heteroatoms. The van der Waals surface area contributed by atoms with E-state index in [1.165, 1.54) is 5.56 Å². The van der Waals surface area contributed by atoms with Gasteiger partial charge in [-0.2, -0.15) is 0 Å². The number of pyridine rings is 1. The third-order valence-corrected chi connectivity index (χ3v) is 2.39. The fraction of sp³-hybridized carbons (Fsp3) is 0.417. The van der Waals surface area contributed by atoms with Gasteiger partial charge in [-0.25, -0.2) is 0 Å². The zero-order chi connectivity index (χ0) is 11.1. The van der Waals surface area contributed by atoms with Gasteiger partial charge in [0.2, 0.25) is 0 Å². The second-order valence-electron chi connectivity index (χ2n) is 5.11. The number of aromatic amines is 1. The van der Waals surface area contributed by atoms with Crippen molar-refractivity contribution in [2.24, 2.45) is 0 Å². The molecule has 0 fully saturated rings. The fourth-order valence-corrected chi connectivity index (χ4v) is 1.78. The van der Waals surface area contributed by atoms with Gasteiger partial charge in [0.05, 0.1) is 37.7 Å². The number of hydrogen-bond donors (Lipinski definition) is 1. The number of rotatable bonds is 2. The highest BCUT2D eigenvalue weighted by molar-refractivity contribution is 5.78. The van der Waals surface area contributed by atoms with Gasteiger partial charge in [-0.3, -0.25) is 4.98 Å². The van der Waals surface area contributed by atoms with E-state index >= 15 is 0 Å². The van der Waals surface area contributed by atoms with Gasteiger partial charge in [0.15, 0.2) is 0 Å². The summed E-state index contributed by atoms with van der Waals surface area (Å²) < 4.78 is 0.919. The number of hydrogen-bond acceptors (Lipinski definition) is 1. The normalized spacial score (nSPS) is 11.5. The molecule has 0 amide bonds. The Morgan fingerprint density at radius 1 is 1.25 bits per heavy atom. The van der Waals surface area contributed by atoms with Gasteiger partial charge in [-0.1, -0.05) is 0 Å². The predicted molar refractivity (Wildman–Crippen MR) is 62.6 cm³/mol. The summed E-state index contributed by atoms with van der Waals surface area (Å²) in [6.45, 7) is 3.03. The predicted octanol–water partition coefficient (Wildman–Crippen LogP) is -0.918. The lowest BCUT2D eigenvalue weighted by molar-refractivity contribution is -0.883. The van der Waals surface area contributed by atoms with Crippen LogP contribution in [0, 0.1) is 6.92 Å². The van der Waals surface area contributed by atoms with E-state index in [2.05, 4.69) is 43.4 Å². The van der Waals surface area contributed by atoms with E-state index in [4.69, 9.17) is 0 Å². The van der Waals surface area contributed by atoms with Crippen molar-refractivity contribution in [3.63, 3.8) is 0 Å². The third kappa shape index (κ3) is 2.95. The van der Waals surface area contributed by atoms with Crippen LogP contribution >= 0.6 is 0 Å². The molecule has 1 N–H and O–H groups in total. The number of quaternary nitrogens is 1. The molecular weight excluding hydrogens is 313 g/mol. The van der Waals surface area contributed by atoms with Gasteiger partial charge >= 0.3 is 0 Å². The van der Waals surface area contributed by atoms with Crippen LogP contribution in [0.15, 0.2) is 18.3 Å². The van der Waals surface area contributed by atoms with E-state index in [0.29, 0.717) is 0 Å². The van der Waals surface area contributed by atoms with Gasteiger partial charge in [0.1, 0.15) is 6.54 Å². The van der Waals surface area contributed by atoms with E-state index in [-0.39, 0.29) is 24.0 Å². The second kappa shape index (κ2) is 4.71. The van der Waals surface area contributed by atoms with Crippen molar-refractivity contribution >= 4 is 11.0 Å². The molecule has 2 aromatic rings. The summed E-state index contributed by atoms with van der Waals surface area (Å²) in [4.78, 5) is 7.84. The number of nitrogens with zero attached hydrogens (tertiary/aromatic N) is 2. The van der Waals surface area contributed by atoms with Crippen molar-refractivity contribution in [3.8, 4) is 0 Å². The van der Waals surface area contributed by atoms with Crippen LogP contribution in [-0.4, -0.2) is 35.6 Å². The topological polar surface area (TPSA) is 28.7 Å². The Bertz CT molecular complexity index is 482. The smallest absolute Gasteiger partial charge is 0.107 e. The van der Waals surface area contributed by atoms with E-state index in [1.54, 1.807) is 0 Å². The standard InChI is InChI=1S/C12H18N3.HI/c1-9-5-6-11-12(14-9)10(7-13-11)8-15(2,3)4;/h5-7,13H,8H2,1-4H3;1H/q+1;/p-1. The average molecular weight is 331 g/mol. The van der Waals surface area contributed by atoms with E-state index < -0.39 is 0 Å². The van der Waals surface area contributed by atoms with E-state index in [9.17, 15) is 0 Å². The average Bonchev–Trinajstić information content (AvgIpc) is 2.46. The summed E-state index contributed by atoms with van der Waals surface area (Å²) >= 11 is 0. The molecular formula is C12H18IN3. The summed E-state index contributed by atoms with van der Waals surface area (Å²) in [6.07, 6.45) is 2.07. The SMILES string of the molecule is Cc1ccc2[nH]cc(C[N+](C)(C)C)c2n1.[I-]. The molecule has 0 unspecified atom stereocenters. The Hall–Kier alpha value is -0.620. The minimum Gasteiger partial charge on any atom is -1.00 e. The van der Waals surface area contributed by atoms with Crippen LogP contribution in [0.1, 0.15) is 11.3 Å². The fourth-order valence-electron chi connectivity index (χ4n) is 1.78. The minimum absolute atomic E-state index is 0. The van der Waals surface area contributed by atoms with Gasteiger partial charge in [0, 0.05) is 11.9 Å². The molecule has 0 aliphatic carbocycles. The number of aryl methyl sites for hydroxylation is 1. The largest absolute Gasteiger partial charge is 1.00 e. The maximum absolute atomic E-state index is 4.58. The van der Waals surface area contributed by atoms with Crippen molar-refractivity contribution in [2.45, 2.75) is 13.5 Å². The highest BCUT2D eigenvalue weighted by atomic mass is 127. The molecule has 2 aromatic heterocycles. The van der Waals surface area contributed by atoms with Crippen LogP contribution in [0.25, 0.3) is 11.0 Å². The zero-order valence-corrected chi connectivity index (χ0v) is 12.4. The van der Waals surface area contributed by atoms with Gasteiger partial charge < -0.3 is 33.4 Å². The molecule has 0 atom stereocenters. The Balaban J connectivity index is 0.00000128. The number of nitrogens with one attached hydrogen (secondary N) is 1. The summed E-state index contributed by atoms with van der Waals surface area (Å²) in [6, 6.07) is 4.13. The Labute approximate surface area is 113 Å². The molecule has 0 radical (unpaired) electrons. The van der Waals surface area contributed by atoms with Crippen molar-refractivity contribution in [2.75, 3.05) is 21.1 Å². The molecule has 0 saturated carbocycles. The summed E-state index contributed by atoms with van der Waals surface area (Å²) in [5, 5.41) is 0. The van der Waals surface area contributed by atoms with Gasteiger partial charge in [0.25, 0.3) is 0 Å². The minimum atomic E-state index is 0. The third-order valence-electron chi connectivity index (χ3n) is 2.39. The molecule has 16 heavy (non-hydrogen) atoms. The quantitative estimate of drug-likeness (QED) is 0.560. The molecule has 0 aromatic carbocycles. The zero-order valence-electron chi connectivity index (χ0n) is 10.2. The number of H-pyrrole nitrogens is 1. The van der Waals surface area contributed by atoms with Crippen molar-refractivity contribution in [3.05, 3.63) is 29.6 Å². The first kappa shape index (κ1) is 13.4. The number of fused-ring (bicyclic) bond motifs is 1. The lowest BCUT2D eigenvalue weighted by Crippen LogP contribution is -3.00.